The summed E-state index contributed by atoms with van der Waals surface area (Å²) >= 11 is 0. The SMILES string of the molecule is CC(C)(CNc1ncnc2ccc(S(C)(=O)=O)cc12)c1ccc(F)cc1. The highest BCUT2D eigenvalue weighted by molar-refractivity contribution is 7.90. The molecule has 1 N–H and O–H groups in total. The van der Waals surface area contributed by atoms with Gasteiger partial charge in [-0.2, -0.15) is 0 Å². The maximum absolute atomic E-state index is 13.2. The van der Waals surface area contributed by atoms with Crippen molar-refractivity contribution in [2.45, 2.75) is 24.2 Å². The van der Waals surface area contributed by atoms with E-state index in [1.807, 2.05) is 13.8 Å². The zero-order chi connectivity index (χ0) is 18.9. The van der Waals surface area contributed by atoms with Gasteiger partial charge in [-0.25, -0.2) is 22.8 Å². The van der Waals surface area contributed by atoms with Crippen molar-refractivity contribution in [2.24, 2.45) is 0 Å². The number of hydrogen-bond acceptors (Lipinski definition) is 5. The van der Waals surface area contributed by atoms with Gasteiger partial charge in [-0.15, -0.1) is 0 Å². The highest BCUT2D eigenvalue weighted by atomic mass is 32.2. The van der Waals surface area contributed by atoms with Crippen LogP contribution < -0.4 is 5.32 Å². The summed E-state index contributed by atoms with van der Waals surface area (Å²) in [6.45, 7) is 4.62. The second kappa shape index (κ2) is 6.64. The second-order valence-electron chi connectivity index (χ2n) is 6.92. The third-order valence-electron chi connectivity index (χ3n) is 4.36. The Morgan fingerprint density at radius 3 is 2.42 bits per heavy atom. The molecule has 1 heterocycles. The molecule has 0 aliphatic heterocycles. The Balaban J connectivity index is 1.92. The van der Waals surface area contributed by atoms with E-state index < -0.39 is 9.84 Å². The van der Waals surface area contributed by atoms with Gasteiger partial charge in [-0.3, -0.25) is 0 Å². The number of aromatic nitrogens is 2. The van der Waals surface area contributed by atoms with Crippen molar-refractivity contribution >= 4 is 26.6 Å². The van der Waals surface area contributed by atoms with Gasteiger partial charge in [-0.1, -0.05) is 26.0 Å². The molecule has 0 aliphatic rings. The van der Waals surface area contributed by atoms with Crippen molar-refractivity contribution in [3.8, 4) is 0 Å². The summed E-state index contributed by atoms with van der Waals surface area (Å²) in [5.41, 5.74) is 1.37. The predicted octanol–water partition coefficient (Wildman–Crippen LogP) is 3.56. The summed E-state index contributed by atoms with van der Waals surface area (Å²) in [5.74, 6) is 0.295. The van der Waals surface area contributed by atoms with Gasteiger partial charge in [0.15, 0.2) is 9.84 Å². The zero-order valence-electron chi connectivity index (χ0n) is 14.8. The Kier molecular flexibility index (Phi) is 4.66. The van der Waals surface area contributed by atoms with Crippen LogP contribution in [0.4, 0.5) is 10.2 Å². The van der Waals surface area contributed by atoms with E-state index in [0.717, 1.165) is 5.56 Å². The van der Waals surface area contributed by atoms with Gasteiger partial charge in [0.25, 0.3) is 0 Å². The third-order valence-corrected chi connectivity index (χ3v) is 5.47. The molecule has 0 spiro atoms. The zero-order valence-corrected chi connectivity index (χ0v) is 15.6. The number of anilines is 1. The summed E-state index contributed by atoms with van der Waals surface area (Å²) in [7, 11) is -3.32. The van der Waals surface area contributed by atoms with Gasteiger partial charge in [0.2, 0.25) is 0 Å². The number of hydrogen-bond donors (Lipinski definition) is 1. The molecule has 136 valence electrons. The molecule has 3 rings (SSSR count). The smallest absolute Gasteiger partial charge is 0.175 e. The van der Waals surface area contributed by atoms with Crippen LogP contribution in [0.1, 0.15) is 19.4 Å². The molecular weight excluding hydrogens is 353 g/mol. The van der Waals surface area contributed by atoms with E-state index >= 15 is 0 Å². The Labute approximate surface area is 152 Å². The first kappa shape index (κ1) is 18.3. The molecule has 0 bridgehead atoms. The number of sulfone groups is 1. The molecule has 2 aromatic carbocycles. The molecule has 5 nitrogen and oxygen atoms in total. The van der Waals surface area contributed by atoms with E-state index in [1.54, 1.807) is 24.3 Å². The van der Waals surface area contributed by atoms with Crippen molar-refractivity contribution in [3.05, 3.63) is 60.2 Å². The second-order valence-corrected chi connectivity index (χ2v) is 8.93. The van der Waals surface area contributed by atoms with Crippen molar-refractivity contribution < 1.29 is 12.8 Å². The first-order valence-electron chi connectivity index (χ1n) is 8.11. The Morgan fingerprint density at radius 2 is 1.77 bits per heavy atom. The first-order chi connectivity index (χ1) is 12.2. The van der Waals surface area contributed by atoms with Crippen LogP contribution in [0.3, 0.4) is 0 Å². The molecule has 0 aliphatic carbocycles. The summed E-state index contributed by atoms with van der Waals surface area (Å²) in [5, 5.41) is 3.92. The van der Waals surface area contributed by atoms with Gasteiger partial charge in [-0.05, 0) is 35.9 Å². The van der Waals surface area contributed by atoms with E-state index in [2.05, 4.69) is 15.3 Å². The molecule has 0 radical (unpaired) electrons. The minimum absolute atomic E-state index is 0.223. The Hall–Kier alpha value is -2.54. The highest BCUT2D eigenvalue weighted by Crippen LogP contribution is 2.27. The van der Waals surface area contributed by atoms with Gasteiger partial charge in [0.1, 0.15) is 18.0 Å². The summed E-state index contributed by atoms with van der Waals surface area (Å²) in [6, 6.07) is 11.2. The summed E-state index contributed by atoms with van der Waals surface area (Å²) < 4.78 is 36.8. The van der Waals surface area contributed by atoms with Crippen molar-refractivity contribution in [1.82, 2.24) is 9.97 Å². The lowest BCUT2D eigenvalue weighted by Gasteiger charge is -2.26. The molecule has 26 heavy (non-hydrogen) atoms. The molecule has 0 saturated heterocycles. The lowest BCUT2D eigenvalue weighted by molar-refractivity contribution is 0.552. The van der Waals surface area contributed by atoms with Crippen LogP contribution in [0.2, 0.25) is 0 Å². The molecule has 0 amide bonds. The van der Waals surface area contributed by atoms with E-state index in [4.69, 9.17) is 0 Å². The van der Waals surface area contributed by atoms with E-state index in [0.29, 0.717) is 23.3 Å². The minimum atomic E-state index is -3.32. The molecule has 7 heteroatoms. The Bertz CT molecular complexity index is 1050. The fourth-order valence-corrected chi connectivity index (χ4v) is 3.36. The molecule has 1 aromatic heterocycles. The van der Waals surface area contributed by atoms with Crippen LogP contribution in [0.5, 0.6) is 0 Å². The van der Waals surface area contributed by atoms with E-state index in [1.165, 1.54) is 30.8 Å². The van der Waals surface area contributed by atoms with Crippen LogP contribution in [-0.4, -0.2) is 31.2 Å². The molecule has 0 saturated carbocycles. The molecule has 0 unspecified atom stereocenters. The van der Waals surface area contributed by atoms with Crippen LogP contribution in [0.25, 0.3) is 10.9 Å². The fraction of sp³-hybridized carbons (Fsp3) is 0.263. The maximum atomic E-state index is 13.2. The van der Waals surface area contributed by atoms with Crippen LogP contribution >= 0.6 is 0 Å². The standard InChI is InChI=1S/C19H20FN3O2S/c1-19(2,13-4-6-14(20)7-5-13)11-21-18-16-10-15(26(3,24)25)8-9-17(16)22-12-23-18/h4-10,12H,11H2,1-3H3,(H,21,22,23). The number of fused-ring (bicyclic) bond motifs is 1. The number of rotatable bonds is 5. The largest absolute Gasteiger partial charge is 0.369 e. The topological polar surface area (TPSA) is 72.0 Å². The number of nitrogens with zero attached hydrogens (tertiary/aromatic N) is 2. The van der Waals surface area contributed by atoms with Crippen molar-refractivity contribution in [1.29, 1.82) is 0 Å². The van der Waals surface area contributed by atoms with Crippen molar-refractivity contribution in [3.63, 3.8) is 0 Å². The highest BCUT2D eigenvalue weighted by Gasteiger charge is 2.21. The molecular formula is C19H20FN3O2S. The normalized spacial score (nSPS) is 12.3. The Morgan fingerprint density at radius 1 is 1.08 bits per heavy atom. The lowest BCUT2D eigenvalue weighted by Crippen LogP contribution is -2.28. The van der Waals surface area contributed by atoms with E-state index in [-0.39, 0.29) is 16.1 Å². The number of benzene rings is 2. The summed E-state index contributed by atoms with van der Waals surface area (Å²) in [4.78, 5) is 8.68. The van der Waals surface area contributed by atoms with E-state index in [9.17, 15) is 12.8 Å². The third kappa shape index (κ3) is 3.83. The fourth-order valence-electron chi connectivity index (χ4n) is 2.72. The molecule has 0 fully saturated rings. The van der Waals surface area contributed by atoms with Crippen LogP contribution in [-0.2, 0) is 15.3 Å². The van der Waals surface area contributed by atoms with Gasteiger partial charge < -0.3 is 5.32 Å². The monoisotopic (exact) mass is 373 g/mol. The van der Waals surface area contributed by atoms with Crippen LogP contribution in [0, 0.1) is 5.82 Å². The predicted molar refractivity (Wildman–Crippen MR) is 101 cm³/mol. The summed E-state index contributed by atoms with van der Waals surface area (Å²) in [6.07, 6.45) is 2.61. The quantitative estimate of drug-likeness (QED) is 0.740. The lowest BCUT2D eigenvalue weighted by atomic mass is 9.84. The first-order valence-corrected chi connectivity index (χ1v) is 10.0. The van der Waals surface area contributed by atoms with Crippen LogP contribution in [0.15, 0.2) is 53.7 Å². The molecule has 3 aromatic rings. The average molecular weight is 373 g/mol. The van der Waals surface area contributed by atoms with Gasteiger partial charge >= 0.3 is 0 Å². The molecule has 0 atom stereocenters. The number of nitrogens with one attached hydrogen (secondary N) is 1. The van der Waals surface area contributed by atoms with Gasteiger partial charge in [0.05, 0.1) is 10.4 Å². The van der Waals surface area contributed by atoms with Crippen molar-refractivity contribution in [2.75, 3.05) is 18.1 Å². The minimum Gasteiger partial charge on any atom is -0.369 e. The number of halogens is 1. The maximum Gasteiger partial charge on any atom is 0.175 e. The van der Waals surface area contributed by atoms with Gasteiger partial charge in [0, 0.05) is 23.6 Å². The average Bonchev–Trinajstić information content (AvgIpc) is 2.59.